The molecule has 0 bridgehead atoms. The first-order chi connectivity index (χ1) is 11.8. The van der Waals surface area contributed by atoms with Gasteiger partial charge in [0.1, 0.15) is 0 Å². The number of hydrogen-bond acceptors (Lipinski definition) is 1. The van der Waals surface area contributed by atoms with E-state index in [9.17, 15) is 0 Å². The van der Waals surface area contributed by atoms with Crippen LogP contribution in [-0.4, -0.2) is 23.2 Å². The van der Waals surface area contributed by atoms with Crippen molar-refractivity contribution in [2.75, 3.05) is 13.7 Å². The number of ether oxygens (including phenoxy) is 1. The van der Waals surface area contributed by atoms with Gasteiger partial charge in [-0.1, -0.05) is 70.4 Å². The molecule has 0 unspecified atom stereocenters. The van der Waals surface area contributed by atoms with Gasteiger partial charge in [-0.25, -0.2) is 0 Å². The van der Waals surface area contributed by atoms with Crippen molar-refractivity contribution in [2.45, 2.75) is 109 Å². The smallest absolute Gasteiger partial charge is 0.0462 e. The largest absolute Gasteiger partial charge is 0.385 e. The summed E-state index contributed by atoms with van der Waals surface area (Å²) in [6.45, 7) is 3.43. The Balaban J connectivity index is 1.70. The molecule has 0 aliphatic heterocycles. The maximum atomic E-state index is 5.26. The monoisotopic (exact) mass is 352 g/mol. The summed E-state index contributed by atoms with van der Waals surface area (Å²) in [5, 5.41) is 0. The molecule has 2 aliphatic rings. The van der Waals surface area contributed by atoms with Crippen LogP contribution in [0.3, 0.4) is 0 Å². The highest BCUT2D eigenvalue weighted by Gasteiger charge is 2.32. The van der Waals surface area contributed by atoms with Gasteiger partial charge < -0.3 is 4.74 Å². The Bertz CT molecular complexity index is 303. The molecule has 2 heteroatoms. The van der Waals surface area contributed by atoms with Gasteiger partial charge in [-0.15, -0.1) is 0 Å². The first-order valence-corrected chi connectivity index (χ1v) is 13.7. The minimum Gasteiger partial charge on any atom is -0.385 e. The zero-order valence-corrected chi connectivity index (χ0v) is 18.2. The molecule has 24 heavy (non-hydrogen) atoms. The molecule has 0 radical (unpaired) electrons. The van der Waals surface area contributed by atoms with Crippen molar-refractivity contribution in [3.63, 3.8) is 0 Å². The summed E-state index contributed by atoms with van der Waals surface area (Å²) in [7, 11) is 2.15. The molecule has 0 aromatic heterocycles. The zero-order chi connectivity index (χ0) is 17.1. The number of methoxy groups -OCH3 is 1. The Morgan fingerprint density at radius 3 is 2.17 bits per heavy atom. The van der Waals surface area contributed by atoms with Gasteiger partial charge in [0.05, 0.1) is 0 Å². The predicted octanol–water partition coefficient (Wildman–Crippen LogP) is 6.37. The topological polar surface area (TPSA) is 9.23 Å². The molecule has 142 valence electrons. The van der Waals surface area contributed by atoms with Gasteiger partial charge >= 0.3 is 0 Å². The van der Waals surface area contributed by atoms with Gasteiger partial charge in [-0.3, -0.25) is 0 Å². The molecule has 2 rings (SSSR count). The minimum absolute atomic E-state index is 0.304. The van der Waals surface area contributed by atoms with Crippen LogP contribution >= 0.6 is 0 Å². The summed E-state index contributed by atoms with van der Waals surface area (Å²) >= 11 is 0. The highest BCUT2D eigenvalue weighted by atomic mass is 28.2. The van der Waals surface area contributed by atoms with Crippen molar-refractivity contribution in [2.24, 2.45) is 17.3 Å². The van der Waals surface area contributed by atoms with E-state index in [1.165, 1.54) is 57.8 Å². The maximum absolute atomic E-state index is 5.26. The van der Waals surface area contributed by atoms with Crippen LogP contribution in [0.2, 0.25) is 12.6 Å². The summed E-state index contributed by atoms with van der Waals surface area (Å²) in [5.41, 5.74) is 0.719. The normalized spacial score (nSPS) is 27.8. The molecule has 0 saturated heterocycles. The second-order valence-electron chi connectivity index (χ2n) is 9.08. The van der Waals surface area contributed by atoms with Gasteiger partial charge in [0.25, 0.3) is 0 Å². The third-order valence-corrected chi connectivity index (χ3v) is 8.35. The zero-order valence-electron chi connectivity index (χ0n) is 16.8. The van der Waals surface area contributed by atoms with E-state index in [1.807, 2.05) is 7.11 Å². The predicted molar refractivity (Wildman–Crippen MR) is 110 cm³/mol. The van der Waals surface area contributed by atoms with Gasteiger partial charge in [0.2, 0.25) is 0 Å². The molecular formula is C22H44OSi. The summed E-state index contributed by atoms with van der Waals surface area (Å²) in [6.07, 6.45) is 22.5. The van der Waals surface area contributed by atoms with Crippen LogP contribution in [-0.2, 0) is 4.74 Å². The summed E-state index contributed by atoms with van der Waals surface area (Å²) in [5.74, 6) is 2.17. The van der Waals surface area contributed by atoms with Gasteiger partial charge in [0.15, 0.2) is 0 Å². The van der Waals surface area contributed by atoms with Crippen molar-refractivity contribution in [1.82, 2.24) is 0 Å². The van der Waals surface area contributed by atoms with Crippen LogP contribution in [0.1, 0.15) is 96.3 Å². The Morgan fingerprint density at radius 2 is 1.54 bits per heavy atom. The summed E-state index contributed by atoms with van der Waals surface area (Å²) < 4.78 is 5.26. The highest BCUT2D eigenvalue weighted by Crippen LogP contribution is 2.46. The van der Waals surface area contributed by atoms with Crippen LogP contribution in [0.4, 0.5) is 0 Å². The van der Waals surface area contributed by atoms with Crippen LogP contribution in [0, 0.1) is 17.3 Å². The molecule has 0 aromatic rings. The van der Waals surface area contributed by atoms with Crippen LogP contribution in [0.25, 0.3) is 0 Å². The molecule has 2 aliphatic carbocycles. The van der Waals surface area contributed by atoms with E-state index in [2.05, 4.69) is 6.55 Å². The lowest BCUT2D eigenvalue weighted by molar-refractivity contribution is 0.122. The average molecular weight is 353 g/mol. The van der Waals surface area contributed by atoms with Crippen molar-refractivity contribution in [3.05, 3.63) is 0 Å². The molecule has 2 fully saturated rings. The Morgan fingerprint density at radius 1 is 0.875 bits per heavy atom. The molecule has 0 heterocycles. The molecule has 0 amide bonds. The standard InChI is InChI=1S/C22H44OSi/c1-23-18-7-6-16-22(14-4-3-5-15-22)17-12-20-8-10-21(11-9-20)13-19-24-2/h20-21H,3-19,24H2,1-2H3. The first-order valence-electron chi connectivity index (χ1n) is 11.3. The lowest BCUT2D eigenvalue weighted by atomic mass is 9.66. The quantitative estimate of drug-likeness (QED) is 0.310. The molecule has 0 aromatic carbocycles. The van der Waals surface area contributed by atoms with Crippen LogP contribution in [0.5, 0.6) is 0 Å². The van der Waals surface area contributed by atoms with E-state index in [-0.39, 0.29) is 0 Å². The molecule has 0 N–H and O–H groups in total. The lowest BCUT2D eigenvalue weighted by Crippen LogP contribution is -2.26. The van der Waals surface area contributed by atoms with E-state index in [0.29, 0.717) is 9.52 Å². The van der Waals surface area contributed by atoms with Crippen molar-refractivity contribution in [3.8, 4) is 0 Å². The Labute approximate surface area is 154 Å². The second-order valence-corrected chi connectivity index (χ2v) is 10.8. The fourth-order valence-corrected chi connectivity index (χ4v) is 6.47. The minimum atomic E-state index is 0.304. The number of unbranched alkanes of at least 4 members (excludes halogenated alkanes) is 1. The molecule has 0 atom stereocenters. The fraction of sp³-hybridized carbons (Fsp3) is 1.00. The van der Waals surface area contributed by atoms with E-state index < -0.39 is 0 Å². The second kappa shape index (κ2) is 11.7. The van der Waals surface area contributed by atoms with Crippen LogP contribution in [0.15, 0.2) is 0 Å². The maximum Gasteiger partial charge on any atom is 0.0462 e. The molecule has 1 nitrogen and oxygen atoms in total. The Kier molecular flexibility index (Phi) is 10.0. The van der Waals surface area contributed by atoms with E-state index in [1.54, 1.807) is 44.6 Å². The van der Waals surface area contributed by atoms with E-state index in [0.717, 1.165) is 23.9 Å². The Hall–Kier alpha value is 0.177. The summed E-state index contributed by atoms with van der Waals surface area (Å²) in [6, 6.07) is 1.60. The fourth-order valence-electron chi connectivity index (χ4n) is 5.49. The molecule has 0 spiro atoms. The van der Waals surface area contributed by atoms with Crippen LogP contribution < -0.4 is 0 Å². The van der Waals surface area contributed by atoms with Gasteiger partial charge in [0, 0.05) is 23.2 Å². The SMILES string of the molecule is COCCCCC1(CCC2CCC(CC[SiH2]C)CC2)CCCCC1. The van der Waals surface area contributed by atoms with E-state index >= 15 is 0 Å². The average Bonchev–Trinajstić information content (AvgIpc) is 2.64. The molecular weight excluding hydrogens is 308 g/mol. The first kappa shape index (κ1) is 20.5. The number of hydrogen-bond donors (Lipinski definition) is 0. The van der Waals surface area contributed by atoms with Crippen molar-refractivity contribution < 1.29 is 4.74 Å². The number of rotatable bonds is 11. The van der Waals surface area contributed by atoms with E-state index in [4.69, 9.17) is 4.74 Å². The third-order valence-electron chi connectivity index (χ3n) is 7.23. The summed E-state index contributed by atoms with van der Waals surface area (Å²) in [4.78, 5) is 0. The van der Waals surface area contributed by atoms with Gasteiger partial charge in [-0.2, -0.15) is 0 Å². The third kappa shape index (κ3) is 7.20. The van der Waals surface area contributed by atoms with Crippen molar-refractivity contribution >= 4 is 9.52 Å². The molecule has 2 saturated carbocycles. The lowest BCUT2D eigenvalue weighted by Gasteiger charge is -2.39. The van der Waals surface area contributed by atoms with Crippen molar-refractivity contribution in [1.29, 1.82) is 0 Å². The highest BCUT2D eigenvalue weighted by molar-refractivity contribution is 6.33. The van der Waals surface area contributed by atoms with Gasteiger partial charge in [-0.05, 0) is 55.8 Å².